The van der Waals surface area contributed by atoms with Crippen LogP contribution in [0, 0.1) is 12.8 Å². The second kappa shape index (κ2) is 10.7. The maximum Gasteiger partial charge on any atom is 0.223 e. The van der Waals surface area contributed by atoms with E-state index in [9.17, 15) is 9.59 Å². The number of aryl methyl sites for hydroxylation is 1. The highest BCUT2D eigenvalue weighted by molar-refractivity contribution is 5.79. The van der Waals surface area contributed by atoms with Gasteiger partial charge in [-0.25, -0.2) is 0 Å². The van der Waals surface area contributed by atoms with Crippen molar-refractivity contribution in [1.29, 1.82) is 0 Å². The molecule has 2 aromatic heterocycles. The average Bonchev–Trinajstić information content (AvgIpc) is 3.12. The summed E-state index contributed by atoms with van der Waals surface area (Å²) in [5.41, 5.74) is 3.14. The van der Waals surface area contributed by atoms with Crippen LogP contribution in [0.4, 0.5) is 0 Å². The van der Waals surface area contributed by atoms with E-state index >= 15 is 0 Å². The molecule has 1 aliphatic heterocycles. The minimum Gasteiger partial charge on any atom is -0.356 e. The Labute approximate surface area is 171 Å². The summed E-state index contributed by atoms with van der Waals surface area (Å²) < 4.78 is 0. The molecule has 3 N–H and O–H groups in total. The molecule has 8 heteroatoms. The van der Waals surface area contributed by atoms with Crippen LogP contribution < -0.4 is 10.6 Å². The van der Waals surface area contributed by atoms with Crippen LogP contribution in [0.25, 0.3) is 0 Å². The number of aromatic amines is 1. The van der Waals surface area contributed by atoms with Gasteiger partial charge in [0.25, 0.3) is 0 Å². The number of nitrogens with one attached hydrogen (secondary N) is 3. The first-order chi connectivity index (χ1) is 14.1. The highest BCUT2D eigenvalue weighted by atomic mass is 16.2. The van der Waals surface area contributed by atoms with Gasteiger partial charge in [0.1, 0.15) is 0 Å². The molecule has 156 valence electrons. The van der Waals surface area contributed by atoms with Crippen LogP contribution in [0.15, 0.2) is 30.7 Å². The fourth-order valence-corrected chi connectivity index (χ4v) is 3.60. The normalized spacial score (nSPS) is 19.2. The van der Waals surface area contributed by atoms with Gasteiger partial charge in [0.15, 0.2) is 0 Å². The van der Waals surface area contributed by atoms with Crippen molar-refractivity contribution in [2.75, 3.05) is 19.6 Å². The van der Waals surface area contributed by atoms with E-state index in [2.05, 4.69) is 30.7 Å². The number of hydrogen-bond donors (Lipinski definition) is 3. The van der Waals surface area contributed by atoms with E-state index in [-0.39, 0.29) is 17.7 Å². The SMILES string of the molecule is Cc1[nH]ncc1CNC(=O)C1CCCN(Cc2ccncc2)CCC(=O)NCC1. The summed E-state index contributed by atoms with van der Waals surface area (Å²) in [6, 6.07) is 4.00. The molecule has 0 aromatic carbocycles. The Morgan fingerprint density at radius 3 is 2.86 bits per heavy atom. The molecule has 0 radical (unpaired) electrons. The van der Waals surface area contributed by atoms with Crippen molar-refractivity contribution in [3.8, 4) is 0 Å². The number of hydrogen-bond acceptors (Lipinski definition) is 5. The van der Waals surface area contributed by atoms with E-state index < -0.39 is 0 Å². The van der Waals surface area contributed by atoms with Gasteiger partial charge in [-0.2, -0.15) is 5.10 Å². The number of aromatic nitrogens is 3. The number of H-pyrrole nitrogens is 1. The van der Waals surface area contributed by atoms with Crippen molar-refractivity contribution in [3.63, 3.8) is 0 Å². The summed E-state index contributed by atoms with van der Waals surface area (Å²) in [5, 5.41) is 12.9. The lowest BCUT2D eigenvalue weighted by Crippen LogP contribution is -2.33. The molecule has 0 spiro atoms. The van der Waals surface area contributed by atoms with Gasteiger partial charge < -0.3 is 10.6 Å². The minimum absolute atomic E-state index is 0.0415. The molecule has 0 saturated carbocycles. The first-order valence-corrected chi connectivity index (χ1v) is 10.3. The van der Waals surface area contributed by atoms with Crippen LogP contribution in [-0.2, 0) is 22.7 Å². The summed E-state index contributed by atoms with van der Waals surface area (Å²) in [6.07, 6.45) is 8.17. The zero-order chi connectivity index (χ0) is 20.5. The fraction of sp³-hybridized carbons (Fsp3) is 0.524. The van der Waals surface area contributed by atoms with Crippen molar-refractivity contribution in [2.45, 2.75) is 45.7 Å². The molecule has 3 rings (SSSR count). The van der Waals surface area contributed by atoms with Crippen LogP contribution in [0.3, 0.4) is 0 Å². The van der Waals surface area contributed by atoms with Gasteiger partial charge in [0.05, 0.1) is 6.20 Å². The largest absolute Gasteiger partial charge is 0.356 e. The fourth-order valence-electron chi connectivity index (χ4n) is 3.60. The smallest absolute Gasteiger partial charge is 0.223 e. The molecular formula is C21H30N6O2. The average molecular weight is 399 g/mol. The van der Waals surface area contributed by atoms with Crippen LogP contribution >= 0.6 is 0 Å². The first kappa shape index (κ1) is 21.0. The third kappa shape index (κ3) is 6.67. The minimum atomic E-state index is -0.108. The number of carbonyl (C=O) groups excluding carboxylic acids is 2. The molecule has 0 bridgehead atoms. The highest BCUT2D eigenvalue weighted by Crippen LogP contribution is 2.15. The maximum absolute atomic E-state index is 12.7. The van der Waals surface area contributed by atoms with E-state index in [0.29, 0.717) is 32.5 Å². The predicted octanol–water partition coefficient (Wildman–Crippen LogP) is 1.54. The number of rotatable bonds is 5. The molecule has 1 atom stereocenters. The summed E-state index contributed by atoms with van der Waals surface area (Å²) in [7, 11) is 0. The Hall–Kier alpha value is -2.74. The van der Waals surface area contributed by atoms with Gasteiger partial charge in [-0.3, -0.25) is 24.6 Å². The molecule has 2 amide bonds. The Balaban J connectivity index is 1.56. The lowest BCUT2D eigenvalue weighted by molar-refractivity contribution is -0.126. The van der Waals surface area contributed by atoms with Crippen molar-refractivity contribution < 1.29 is 9.59 Å². The Kier molecular flexibility index (Phi) is 7.75. The van der Waals surface area contributed by atoms with E-state index in [0.717, 1.165) is 37.2 Å². The van der Waals surface area contributed by atoms with Gasteiger partial charge in [-0.15, -0.1) is 0 Å². The molecule has 1 unspecified atom stereocenters. The van der Waals surface area contributed by atoms with E-state index in [4.69, 9.17) is 0 Å². The van der Waals surface area contributed by atoms with Crippen LogP contribution in [-0.4, -0.2) is 51.5 Å². The Bertz CT molecular complexity index is 791. The third-order valence-corrected chi connectivity index (χ3v) is 5.41. The van der Waals surface area contributed by atoms with Crippen molar-refractivity contribution >= 4 is 11.8 Å². The monoisotopic (exact) mass is 398 g/mol. The third-order valence-electron chi connectivity index (χ3n) is 5.41. The van der Waals surface area contributed by atoms with Gasteiger partial charge in [0.2, 0.25) is 11.8 Å². The standard InChI is InChI=1S/C21H30N6O2/c1-16-19(14-25-26-16)13-24-21(29)18-3-2-11-27(12-7-20(28)23-10-6-18)15-17-4-8-22-9-5-17/h4-5,8-9,14,18H,2-3,6-7,10-13,15H2,1H3,(H,23,28)(H,24,29)(H,25,26). The van der Waals surface area contributed by atoms with Crippen molar-refractivity contribution in [2.24, 2.45) is 5.92 Å². The number of amides is 2. The van der Waals surface area contributed by atoms with E-state index in [1.54, 1.807) is 18.6 Å². The highest BCUT2D eigenvalue weighted by Gasteiger charge is 2.20. The Morgan fingerprint density at radius 1 is 1.28 bits per heavy atom. The molecular weight excluding hydrogens is 368 g/mol. The molecule has 1 saturated heterocycles. The molecule has 8 nitrogen and oxygen atoms in total. The maximum atomic E-state index is 12.7. The Morgan fingerprint density at radius 2 is 2.10 bits per heavy atom. The number of carbonyl (C=O) groups is 2. The second-order valence-electron chi connectivity index (χ2n) is 7.60. The van der Waals surface area contributed by atoms with Crippen LogP contribution in [0.2, 0.25) is 0 Å². The molecule has 0 aliphatic carbocycles. The molecule has 29 heavy (non-hydrogen) atoms. The first-order valence-electron chi connectivity index (χ1n) is 10.3. The van der Waals surface area contributed by atoms with Gasteiger partial charge in [0, 0.05) is 62.2 Å². The van der Waals surface area contributed by atoms with Gasteiger partial charge >= 0.3 is 0 Å². The number of nitrogens with zero attached hydrogens (tertiary/aromatic N) is 3. The van der Waals surface area contributed by atoms with E-state index in [1.165, 1.54) is 5.56 Å². The van der Waals surface area contributed by atoms with Crippen molar-refractivity contribution in [1.82, 2.24) is 30.7 Å². The number of pyridine rings is 1. The van der Waals surface area contributed by atoms with Crippen LogP contribution in [0.5, 0.6) is 0 Å². The molecule has 2 aromatic rings. The quantitative estimate of drug-likeness (QED) is 0.709. The zero-order valence-corrected chi connectivity index (χ0v) is 17.0. The lowest BCUT2D eigenvalue weighted by atomic mass is 9.98. The predicted molar refractivity (Wildman–Crippen MR) is 110 cm³/mol. The zero-order valence-electron chi connectivity index (χ0n) is 17.0. The summed E-state index contributed by atoms with van der Waals surface area (Å²) >= 11 is 0. The summed E-state index contributed by atoms with van der Waals surface area (Å²) in [4.78, 5) is 31.2. The molecule has 1 fully saturated rings. The second-order valence-corrected chi connectivity index (χ2v) is 7.60. The van der Waals surface area contributed by atoms with E-state index in [1.807, 2.05) is 19.1 Å². The summed E-state index contributed by atoms with van der Waals surface area (Å²) in [5.74, 6) is -0.0250. The molecule has 1 aliphatic rings. The summed E-state index contributed by atoms with van der Waals surface area (Å²) in [6.45, 7) is 5.30. The van der Waals surface area contributed by atoms with Gasteiger partial charge in [-0.1, -0.05) is 0 Å². The molecule has 3 heterocycles. The lowest BCUT2D eigenvalue weighted by Gasteiger charge is -2.22. The van der Waals surface area contributed by atoms with Crippen LogP contribution in [0.1, 0.15) is 42.5 Å². The van der Waals surface area contributed by atoms with Gasteiger partial charge in [-0.05, 0) is 50.4 Å². The topological polar surface area (TPSA) is 103 Å². The van der Waals surface area contributed by atoms with Crippen molar-refractivity contribution in [3.05, 3.63) is 47.5 Å².